The fraction of sp³-hybridized carbons (Fsp3) is 0.588. The molecular formula is C17H25ClN4O5S. The Morgan fingerprint density at radius 2 is 1.89 bits per heavy atom. The van der Waals surface area contributed by atoms with E-state index in [1.54, 1.807) is 0 Å². The van der Waals surface area contributed by atoms with Gasteiger partial charge in [0, 0.05) is 31.3 Å². The van der Waals surface area contributed by atoms with E-state index in [-0.39, 0.29) is 41.5 Å². The number of carbonyl (C=O) groups excluding carboxylic acids is 1. The van der Waals surface area contributed by atoms with Crippen LogP contribution in [0.2, 0.25) is 0 Å². The first-order chi connectivity index (χ1) is 12.8. The minimum Gasteiger partial charge on any atom is -0.350 e. The van der Waals surface area contributed by atoms with Gasteiger partial charge in [0.05, 0.1) is 9.82 Å². The van der Waals surface area contributed by atoms with Gasteiger partial charge in [-0.1, -0.05) is 6.42 Å². The van der Waals surface area contributed by atoms with Crippen LogP contribution in [0, 0.1) is 16.0 Å². The Hall–Kier alpha value is -1.75. The van der Waals surface area contributed by atoms with Crippen molar-refractivity contribution in [3.63, 3.8) is 0 Å². The number of nitrogens with zero attached hydrogens (tertiary/aromatic N) is 2. The molecule has 11 heteroatoms. The van der Waals surface area contributed by atoms with E-state index in [0.717, 1.165) is 31.4 Å². The number of sulfonamides is 1. The first-order valence-electron chi connectivity index (χ1n) is 9.11. The van der Waals surface area contributed by atoms with E-state index in [1.165, 1.54) is 16.4 Å². The summed E-state index contributed by atoms with van der Waals surface area (Å²) in [5.74, 6) is 0.0600. The van der Waals surface area contributed by atoms with E-state index in [4.69, 9.17) is 5.73 Å². The number of piperidine rings is 1. The summed E-state index contributed by atoms with van der Waals surface area (Å²) in [7, 11) is -3.93. The molecule has 0 aromatic heterocycles. The molecule has 0 bridgehead atoms. The Morgan fingerprint density at radius 3 is 2.43 bits per heavy atom. The lowest BCUT2D eigenvalue weighted by atomic mass is 10.0. The molecule has 1 aromatic rings. The first-order valence-corrected chi connectivity index (χ1v) is 10.6. The van der Waals surface area contributed by atoms with Crippen LogP contribution in [0.4, 0.5) is 5.69 Å². The van der Waals surface area contributed by atoms with E-state index in [0.29, 0.717) is 25.3 Å². The zero-order chi connectivity index (χ0) is 19.6. The molecule has 3 rings (SSSR count). The second-order valence-electron chi connectivity index (χ2n) is 7.07. The molecule has 3 N–H and O–H groups in total. The maximum atomic E-state index is 13.0. The number of nitro benzene ring substituents is 1. The molecule has 0 radical (unpaired) electrons. The van der Waals surface area contributed by atoms with Gasteiger partial charge in [0.1, 0.15) is 6.04 Å². The normalized spacial score (nSPS) is 21.4. The lowest BCUT2D eigenvalue weighted by Crippen LogP contribution is -2.55. The highest BCUT2D eigenvalue weighted by Gasteiger charge is 2.40. The fourth-order valence-corrected chi connectivity index (χ4v) is 5.13. The van der Waals surface area contributed by atoms with Crippen LogP contribution in [0.1, 0.15) is 32.1 Å². The van der Waals surface area contributed by atoms with E-state index < -0.39 is 21.0 Å². The topological polar surface area (TPSA) is 136 Å². The summed E-state index contributed by atoms with van der Waals surface area (Å²) in [5.41, 5.74) is 5.56. The van der Waals surface area contributed by atoms with Crippen molar-refractivity contribution in [1.82, 2.24) is 9.62 Å². The van der Waals surface area contributed by atoms with Gasteiger partial charge in [0.2, 0.25) is 15.9 Å². The summed E-state index contributed by atoms with van der Waals surface area (Å²) >= 11 is 0. The Labute approximate surface area is 170 Å². The van der Waals surface area contributed by atoms with E-state index in [9.17, 15) is 23.3 Å². The van der Waals surface area contributed by atoms with Gasteiger partial charge in [-0.15, -0.1) is 12.4 Å². The Balaban J connectivity index is 0.00000280. The molecule has 2 fully saturated rings. The van der Waals surface area contributed by atoms with Crippen molar-refractivity contribution in [2.24, 2.45) is 11.7 Å². The van der Waals surface area contributed by atoms with E-state index >= 15 is 0 Å². The number of hydrogen-bond acceptors (Lipinski definition) is 6. The highest BCUT2D eigenvalue weighted by atomic mass is 35.5. The number of halogens is 1. The number of nitrogens with two attached hydrogens (primary N) is 1. The summed E-state index contributed by atoms with van der Waals surface area (Å²) in [6, 6.07) is 3.83. The van der Waals surface area contributed by atoms with Crippen molar-refractivity contribution < 1.29 is 18.1 Å². The smallest absolute Gasteiger partial charge is 0.269 e. The zero-order valence-corrected chi connectivity index (χ0v) is 17.0. The molecule has 1 aromatic carbocycles. The predicted molar refractivity (Wildman–Crippen MR) is 106 cm³/mol. The minimum atomic E-state index is -3.93. The number of nitro groups is 1. The first kappa shape index (κ1) is 22.5. The quantitative estimate of drug-likeness (QED) is 0.494. The minimum absolute atomic E-state index is 0. The number of amides is 1. The van der Waals surface area contributed by atoms with Crippen molar-refractivity contribution in [3.8, 4) is 0 Å². The molecule has 1 aliphatic carbocycles. The van der Waals surface area contributed by atoms with Crippen LogP contribution in [0.15, 0.2) is 29.2 Å². The van der Waals surface area contributed by atoms with Crippen LogP contribution in [-0.4, -0.2) is 48.7 Å². The highest BCUT2D eigenvalue weighted by Crippen LogP contribution is 2.33. The highest BCUT2D eigenvalue weighted by molar-refractivity contribution is 7.89. The van der Waals surface area contributed by atoms with Crippen LogP contribution in [-0.2, 0) is 14.8 Å². The molecule has 1 aliphatic heterocycles. The molecule has 28 heavy (non-hydrogen) atoms. The van der Waals surface area contributed by atoms with Crippen LogP contribution in [0.3, 0.4) is 0 Å². The number of non-ortho nitro benzene ring substituents is 1. The van der Waals surface area contributed by atoms with Gasteiger partial charge in [0.25, 0.3) is 5.69 Å². The summed E-state index contributed by atoms with van der Waals surface area (Å²) in [4.78, 5) is 22.9. The van der Waals surface area contributed by atoms with E-state index in [2.05, 4.69) is 5.32 Å². The molecule has 1 heterocycles. The molecule has 1 saturated carbocycles. The zero-order valence-electron chi connectivity index (χ0n) is 15.3. The number of nitrogens with one attached hydrogen (secondary N) is 1. The molecular weight excluding hydrogens is 408 g/mol. The summed E-state index contributed by atoms with van der Waals surface area (Å²) < 4.78 is 27.3. The standard InChI is InChI=1S/C17H24N4O5S.ClH/c18-11-15(12-4-5-12)19-17(22)16-3-1-2-10-20(16)27(25,26)14-8-6-13(7-9-14)21(23)24;/h6-9,12,15-16H,1-5,10-11,18H2,(H,19,22);1H. The predicted octanol–water partition coefficient (Wildman–Crippen LogP) is 1.41. The van der Waals surface area contributed by atoms with Crippen LogP contribution in [0.25, 0.3) is 0 Å². The SMILES string of the molecule is Cl.NCC(NC(=O)C1CCCCN1S(=O)(=O)c1ccc([N+](=O)[O-])cc1)C1CC1. The largest absolute Gasteiger partial charge is 0.350 e. The monoisotopic (exact) mass is 432 g/mol. The van der Waals surface area contributed by atoms with Gasteiger partial charge in [0.15, 0.2) is 0 Å². The number of hydrogen-bond donors (Lipinski definition) is 2. The second kappa shape index (κ2) is 9.17. The van der Waals surface area contributed by atoms with Gasteiger partial charge < -0.3 is 11.1 Å². The number of rotatable bonds is 7. The number of benzene rings is 1. The number of carbonyl (C=O) groups is 1. The maximum absolute atomic E-state index is 13.0. The molecule has 156 valence electrons. The van der Waals surface area contributed by atoms with Crippen molar-refractivity contribution >= 4 is 34.0 Å². The van der Waals surface area contributed by atoms with Gasteiger partial charge >= 0.3 is 0 Å². The lowest BCUT2D eigenvalue weighted by Gasteiger charge is -2.34. The summed E-state index contributed by atoms with van der Waals surface area (Å²) in [6.07, 6.45) is 3.93. The average molecular weight is 433 g/mol. The average Bonchev–Trinajstić information content (AvgIpc) is 3.51. The maximum Gasteiger partial charge on any atom is 0.269 e. The lowest BCUT2D eigenvalue weighted by molar-refractivity contribution is -0.384. The van der Waals surface area contributed by atoms with Crippen molar-refractivity contribution in [1.29, 1.82) is 0 Å². The molecule has 2 unspecified atom stereocenters. The summed E-state index contributed by atoms with van der Waals surface area (Å²) in [5, 5.41) is 13.7. The molecule has 2 aliphatic rings. The van der Waals surface area contributed by atoms with Crippen LogP contribution in [0.5, 0.6) is 0 Å². The second-order valence-corrected chi connectivity index (χ2v) is 8.96. The van der Waals surface area contributed by atoms with Crippen LogP contribution >= 0.6 is 12.4 Å². The van der Waals surface area contributed by atoms with Crippen molar-refractivity contribution in [2.75, 3.05) is 13.1 Å². The van der Waals surface area contributed by atoms with Gasteiger partial charge in [-0.05, 0) is 43.7 Å². The summed E-state index contributed by atoms with van der Waals surface area (Å²) in [6.45, 7) is 0.576. The Kier molecular flexibility index (Phi) is 7.38. The van der Waals surface area contributed by atoms with E-state index in [1.807, 2.05) is 0 Å². The third-order valence-electron chi connectivity index (χ3n) is 5.18. The fourth-order valence-electron chi connectivity index (χ4n) is 3.48. The third kappa shape index (κ3) is 4.80. The Morgan fingerprint density at radius 1 is 1.25 bits per heavy atom. The van der Waals surface area contributed by atoms with Crippen molar-refractivity contribution in [2.45, 2.75) is 49.1 Å². The van der Waals surface area contributed by atoms with Gasteiger partial charge in [-0.2, -0.15) is 4.31 Å². The molecule has 1 amide bonds. The van der Waals surface area contributed by atoms with Gasteiger partial charge in [-0.25, -0.2) is 8.42 Å². The molecule has 9 nitrogen and oxygen atoms in total. The molecule has 0 spiro atoms. The van der Waals surface area contributed by atoms with Crippen LogP contribution < -0.4 is 11.1 Å². The molecule has 2 atom stereocenters. The van der Waals surface area contributed by atoms with Crippen molar-refractivity contribution in [3.05, 3.63) is 34.4 Å². The Bertz CT molecular complexity index is 813. The molecule has 1 saturated heterocycles. The van der Waals surface area contributed by atoms with Gasteiger partial charge in [-0.3, -0.25) is 14.9 Å². The third-order valence-corrected chi connectivity index (χ3v) is 7.11.